The third-order valence-corrected chi connectivity index (χ3v) is 5.17. The van der Waals surface area contributed by atoms with E-state index in [4.69, 9.17) is 0 Å². The molecule has 0 aromatic heterocycles. The number of fused-ring (bicyclic) bond motifs is 2. The zero-order valence-electron chi connectivity index (χ0n) is 13.4. The SMILES string of the molecule is C=CCN1[C@@H]2CC[C@H]1CC(N(C(=O)CC)c1ccccc1)C2. The number of para-hydroxylation sites is 1. The van der Waals surface area contributed by atoms with Gasteiger partial charge in [-0.05, 0) is 37.8 Å². The largest absolute Gasteiger partial charge is 0.309 e. The predicted molar refractivity (Wildman–Crippen MR) is 91.0 cm³/mol. The number of hydrogen-bond donors (Lipinski definition) is 0. The molecule has 1 amide bonds. The minimum absolute atomic E-state index is 0.243. The fourth-order valence-corrected chi connectivity index (χ4v) is 4.22. The van der Waals surface area contributed by atoms with Gasteiger partial charge in [-0.15, -0.1) is 6.58 Å². The summed E-state index contributed by atoms with van der Waals surface area (Å²) >= 11 is 0. The lowest BCUT2D eigenvalue weighted by atomic mass is 9.95. The van der Waals surface area contributed by atoms with E-state index in [2.05, 4.69) is 28.5 Å². The fraction of sp³-hybridized carbons (Fsp3) is 0.526. The highest BCUT2D eigenvalue weighted by molar-refractivity contribution is 5.93. The maximum absolute atomic E-state index is 12.5. The Balaban J connectivity index is 1.82. The number of carbonyl (C=O) groups excluding carboxylic acids is 1. The number of hydrogen-bond acceptors (Lipinski definition) is 2. The number of rotatable bonds is 5. The molecule has 3 heteroatoms. The van der Waals surface area contributed by atoms with Crippen LogP contribution in [0.15, 0.2) is 43.0 Å². The summed E-state index contributed by atoms with van der Waals surface area (Å²) in [4.78, 5) is 17.2. The molecule has 0 radical (unpaired) electrons. The zero-order chi connectivity index (χ0) is 15.5. The summed E-state index contributed by atoms with van der Waals surface area (Å²) in [5.74, 6) is 0.243. The Hall–Kier alpha value is -1.61. The van der Waals surface area contributed by atoms with E-state index in [0.717, 1.165) is 25.1 Å². The summed E-state index contributed by atoms with van der Waals surface area (Å²) in [6.07, 6.45) is 7.28. The Labute approximate surface area is 133 Å². The van der Waals surface area contributed by atoms with Crippen molar-refractivity contribution in [3.8, 4) is 0 Å². The second-order valence-electron chi connectivity index (χ2n) is 6.45. The standard InChI is InChI=1S/C19H26N2O/c1-3-12-20-16-10-11-17(20)14-18(13-16)21(19(22)4-2)15-8-6-5-7-9-15/h3,5-9,16-18H,1,4,10-14H2,2H3/t16-,17+,18?. The Morgan fingerprint density at radius 2 is 1.91 bits per heavy atom. The molecule has 1 aromatic rings. The van der Waals surface area contributed by atoms with Crippen molar-refractivity contribution in [1.29, 1.82) is 0 Å². The van der Waals surface area contributed by atoms with Crippen molar-refractivity contribution in [2.45, 2.75) is 57.2 Å². The maximum Gasteiger partial charge on any atom is 0.226 e. The average Bonchev–Trinajstić information content (AvgIpc) is 2.79. The van der Waals surface area contributed by atoms with E-state index in [1.54, 1.807) is 0 Å². The van der Waals surface area contributed by atoms with Crippen LogP contribution in [-0.2, 0) is 4.79 Å². The van der Waals surface area contributed by atoms with E-state index in [-0.39, 0.29) is 5.91 Å². The van der Waals surface area contributed by atoms with Gasteiger partial charge in [0.25, 0.3) is 0 Å². The number of carbonyl (C=O) groups is 1. The van der Waals surface area contributed by atoms with Crippen molar-refractivity contribution < 1.29 is 4.79 Å². The minimum atomic E-state index is 0.243. The van der Waals surface area contributed by atoms with E-state index in [1.807, 2.05) is 31.2 Å². The summed E-state index contributed by atoms with van der Waals surface area (Å²) in [5.41, 5.74) is 1.05. The molecular formula is C19H26N2O. The normalized spacial score (nSPS) is 27.6. The molecule has 3 nitrogen and oxygen atoms in total. The van der Waals surface area contributed by atoms with Crippen LogP contribution in [0.25, 0.3) is 0 Å². The molecule has 0 N–H and O–H groups in total. The van der Waals surface area contributed by atoms with Crippen LogP contribution in [0.4, 0.5) is 5.69 Å². The molecule has 2 saturated heterocycles. The van der Waals surface area contributed by atoms with Gasteiger partial charge in [0.05, 0.1) is 0 Å². The molecule has 1 unspecified atom stereocenters. The van der Waals surface area contributed by atoms with E-state index < -0.39 is 0 Å². The number of nitrogens with zero attached hydrogens (tertiary/aromatic N) is 2. The van der Waals surface area contributed by atoms with Gasteiger partial charge in [-0.1, -0.05) is 31.2 Å². The zero-order valence-corrected chi connectivity index (χ0v) is 13.4. The number of amides is 1. The average molecular weight is 298 g/mol. The summed E-state index contributed by atoms with van der Waals surface area (Å²) < 4.78 is 0. The smallest absolute Gasteiger partial charge is 0.226 e. The highest BCUT2D eigenvalue weighted by Gasteiger charge is 2.42. The van der Waals surface area contributed by atoms with Gasteiger partial charge in [-0.3, -0.25) is 9.69 Å². The topological polar surface area (TPSA) is 23.6 Å². The Morgan fingerprint density at radius 1 is 1.27 bits per heavy atom. The first-order chi connectivity index (χ1) is 10.7. The quantitative estimate of drug-likeness (QED) is 0.775. The fourth-order valence-electron chi connectivity index (χ4n) is 4.22. The molecule has 2 aliphatic rings. The number of piperidine rings is 1. The van der Waals surface area contributed by atoms with Crippen LogP contribution >= 0.6 is 0 Å². The van der Waals surface area contributed by atoms with Crippen molar-refractivity contribution in [3.63, 3.8) is 0 Å². The van der Waals surface area contributed by atoms with E-state index in [0.29, 0.717) is 24.5 Å². The lowest BCUT2D eigenvalue weighted by molar-refractivity contribution is -0.119. The lowest BCUT2D eigenvalue weighted by Gasteiger charge is -2.43. The summed E-state index contributed by atoms with van der Waals surface area (Å²) in [6.45, 7) is 6.83. The molecular weight excluding hydrogens is 272 g/mol. The van der Waals surface area contributed by atoms with Gasteiger partial charge in [-0.25, -0.2) is 0 Å². The molecule has 118 valence electrons. The lowest BCUT2D eigenvalue weighted by Crippen LogP contribution is -2.52. The molecule has 2 heterocycles. The van der Waals surface area contributed by atoms with E-state index >= 15 is 0 Å². The van der Waals surface area contributed by atoms with Gasteiger partial charge in [0.2, 0.25) is 5.91 Å². The van der Waals surface area contributed by atoms with Gasteiger partial charge >= 0.3 is 0 Å². The molecule has 0 spiro atoms. The van der Waals surface area contributed by atoms with Crippen LogP contribution in [-0.4, -0.2) is 35.5 Å². The maximum atomic E-state index is 12.5. The molecule has 2 bridgehead atoms. The second kappa shape index (κ2) is 6.66. The molecule has 0 saturated carbocycles. The van der Waals surface area contributed by atoms with Crippen LogP contribution in [0, 0.1) is 0 Å². The molecule has 2 fully saturated rings. The third-order valence-electron chi connectivity index (χ3n) is 5.17. The molecule has 22 heavy (non-hydrogen) atoms. The van der Waals surface area contributed by atoms with Crippen molar-refractivity contribution in [3.05, 3.63) is 43.0 Å². The Morgan fingerprint density at radius 3 is 2.45 bits per heavy atom. The first-order valence-corrected chi connectivity index (χ1v) is 8.48. The minimum Gasteiger partial charge on any atom is -0.309 e. The van der Waals surface area contributed by atoms with E-state index in [1.165, 1.54) is 12.8 Å². The van der Waals surface area contributed by atoms with Crippen LogP contribution in [0.1, 0.15) is 39.0 Å². The van der Waals surface area contributed by atoms with E-state index in [9.17, 15) is 4.79 Å². The summed E-state index contributed by atoms with van der Waals surface area (Å²) in [7, 11) is 0. The van der Waals surface area contributed by atoms with Crippen molar-refractivity contribution in [1.82, 2.24) is 4.90 Å². The van der Waals surface area contributed by atoms with Crippen LogP contribution in [0.3, 0.4) is 0 Å². The summed E-state index contributed by atoms with van der Waals surface area (Å²) in [6, 6.07) is 11.7. The first-order valence-electron chi connectivity index (χ1n) is 8.48. The van der Waals surface area contributed by atoms with Gasteiger partial charge in [0.1, 0.15) is 0 Å². The van der Waals surface area contributed by atoms with Crippen LogP contribution in [0.2, 0.25) is 0 Å². The number of benzene rings is 1. The van der Waals surface area contributed by atoms with Gasteiger partial charge in [-0.2, -0.15) is 0 Å². The highest BCUT2D eigenvalue weighted by atomic mass is 16.2. The molecule has 1 aromatic carbocycles. The molecule has 3 rings (SSSR count). The van der Waals surface area contributed by atoms with Crippen molar-refractivity contribution in [2.24, 2.45) is 0 Å². The van der Waals surface area contributed by atoms with Crippen LogP contribution < -0.4 is 4.90 Å². The molecule has 0 aliphatic carbocycles. The summed E-state index contributed by atoms with van der Waals surface area (Å²) in [5, 5.41) is 0. The van der Waals surface area contributed by atoms with Crippen molar-refractivity contribution >= 4 is 11.6 Å². The monoisotopic (exact) mass is 298 g/mol. The Kier molecular flexibility index (Phi) is 4.63. The van der Waals surface area contributed by atoms with Gasteiger partial charge in [0.15, 0.2) is 0 Å². The highest BCUT2D eigenvalue weighted by Crippen LogP contribution is 2.38. The van der Waals surface area contributed by atoms with Gasteiger partial charge < -0.3 is 4.90 Å². The predicted octanol–water partition coefficient (Wildman–Crippen LogP) is 3.61. The van der Waals surface area contributed by atoms with Crippen molar-refractivity contribution in [2.75, 3.05) is 11.4 Å². The third kappa shape index (κ3) is 2.82. The van der Waals surface area contributed by atoms with Crippen LogP contribution in [0.5, 0.6) is 0 Å². The molecule has 2 aliphatic heterocycles. The second-order valence-corrected chi connectivity index (χ2v) is 6.45. The Bertz CT molecular complexity index is 513. The first kappa shape index (κ1) is 15.3. The van der Waals surface area contributed by atoms with Gasteiger partial charge in [0, 0.05) is 36.8 Å². The molecule has 3 atom stereocenters. The number of anilines is 1.